The Kier molecular flexibility index (Phi) is 7.11. The largest absolute Gasteiger partial charge is 0.379 e. The molecule has 0 bridgehead atoms. The predicted octanol–water partition coefficient (Wildman–Crippen LogP) is 4.28. The van der Waals surface area contributed by atoms with Gasteiger partial charge in [0.2, 0.25) is 0 Å². The van der Waals surface area contributed by atoms with E-state index < -0.39 is 0 Å². The van der Waals surface area contributed by atoms with Crippen LogP contribution in [0.1, 0.15) is 63.6 Å². The van der Waals surface area contributed by atoms with Gasteiger partial charge >= 0.3 is 0 Å². The molecule has 108 valence electrons. The fourth-order valence-electron chi connectivity index (χ4n) is 2.39. The third kappa shape index (κ3) is 4.63. The summed E-state index contributed by atoms with van der Waals surface area (Å²) in [6.07, 6.45) is 2.39. The van der Waals surface area contributed by atoms with Gasteiger partial charge in [0, 0.05) is 7.11 Å². The lowest BCUT2D eigenvalue weighted by molar-refractivity contribution is 0.0651. The van der Waals surface area contributed by atoms with Gasteiger partial charge in [-0.3, -0.25) is 0 Å². The zero-order chi connectivity index (χ0) is 14.3. The first-order valence-electron chi connectivity index (χ1n) is 7.50. The Morgan fingerprint density at radius 1 is 1.05 bits per heavy atom. The second-order valence-corrected chi connectivity index (χ2v) is 5.44. The van der Waals surface area contributed by atoms with Crippen LogP contribution < -0.4 is 5.32 Å². The molecule has 0 aliphatic carbocycles. The molecular weight excluding hydrogens is 234 g/mol. The number of hydrogen-bond acceptors (Lipinski definition) is 2. The van der Waals surface area contributed by atoms with E-state index in [4.69, 9.17) is 4.74 Å². The van der Waals surface area contributed by atoms with Gasteiger partial charge in [0.1, 0.15) is 0 Å². The molecule has 0 fully saturated rings. The molecule has 0 spiro atoms. The molecule has 1 aromatic rings. The molecule has 0 heterocycles. The fraction of sp³-hybridized carbons (Fsp3) is 0.647. The summed E-state index contributed by atoms with van der Waals surface area (Å²) in [5, 5.41) is 3.61. The van der Waals surface area contributed by atoms with E-state index in [9.17, 15) is 0 Å². The Labute approximate surface area is 118 Å². The summed E-state index contributed by atoms with van der Waals surface area (Å²) < 4.78 is 5.63. The van der Waals surface area contributed by atoms with Crippen molar-refractivity contribution in [3.05, 3.63) is 35.4 Å². The zero-order valence-corrected chi connectivity index (χ0v) is 13.1. The summed E-state index contributed by atoms with van der Waals surface area (Å²) in [5.74, 6) is 0.584. The summed E-state index contributed by atoms with van der Waals surface area (Å²) in [6, 6.07) is 9.25. The highest BCUT2D eigenvalue weighted by atomic mass is 16.5. The Balaban J connectivity index is 2.89. The van der Waals surface area contributed by atoms with E-state index in [1.165, 1.54) is 11.1 Å². The predicted molar refractivity (Wildman–Crippen MR) is 82.7 cm³/mol. The van der Waals surface area contributed by atoms with Crippen LogP contribution >= 0.6 is 0 Å². The third-order valence-corrected chi connectivity index (χ3v) is 3.65. The number of hydrogen-bond donors (Lipinski definition) is 1. The van der Waals surface area contributed by atoms with Gasteiger partial charge in [-0.15, -0.1) is 0 Å². The van der Waals surface area contributed by atoms with E-state index in [2.05, 4.69) is 57.3 Å². The highest BCUT2D eigenvalue weighted by Crippen LogP contribution is 2.23. The highest BCUT2D eigenvalue weighted by Gasteiger charge is 2.20. The maximum Gasteiger partial charge on any atom is 0.0763 e. The molecule has 0 aliphatic rings. The first-order valence-corrected chi connectivity index (χ1v) is 7.50. The number of ether oxygens (including phenoxy) is 1. The topological polar surface area (TPSA) is 21.3 Å². The van der Waals surface area contributed by atoms with Crippen LogP contribution in [0.15, 0.2) is 24.3 Å². The Bertz CT molecular complexity index is 341. The second-order valence-electron chi connectivity index (χ2n) is 5.44. The average molecular weight is 263 g/mol. The Morgan fingerprint density at radius 3 is 2.05 bits per heavy atom. The lowest BCUT2D eigenvalue weighted by Crippen LogP contribution is -2.33. The minimum atomic E-state index is 0.233. The molecule has 2 nitrogen and oxygen atoms in total. The number of benzene rings is 1. The van der Waals surface area contributed by atoms with Crippen LogP contribution in [-0.2, 0) is 4.74 Å². The quantitative estimate of drug-likeness (QED) is 0.756. The molecular formula is C17H29NO. The van der Waals surface area contributed by atoms with Crippen LogP contribution in [0, 0.1) is 0 Å². The smallest absolute Gasteiger partial charge is 0.0763 e. The van der Waals surface area contributed by atoms with E-state index in [0.29, 0.717) is 5.92 Å². The van der Waals surface area contributed by atoms with Gasteiger partial charge in [-0.1, -0.05) is 52.0 Å². The van der Waals surface area contributed by atoms with Crippen LogP contribution in [0.25, 0.3) is 0 Å². The van der Waals surface area contributed by atoms with E-state index in [1.807, 2.05) is 0 Å². The van der Waals surface area contributed by atoms with Gasteiger partial charge in [0.25, 0.3) is 0 Å². The van der Waals surface area contributed by atoms with Crippen molar-refractivity contribution < 1.29 is 4.74 Å². The second kappa shape index (κ2) is 8.34. The number of rotatable bonds is 8. The van der Waals surface area contributed by atoms with Crippen molar-refractivity contribution in [2.75, 3.05) is 13.7 Å². The van der Waals surface area contributed by atoms with Crippen molar-refractivity contribution in [2.24, 2.45) is 0 Å². The molecule has 1 N–H and O–H groups in total. The van der Waals surface area contributed by atoms with Crippen LogP contribution in [0.3, 0.4) is 0 Å². The molecule has 2 heteroatoms. The van der Waals surface area contributed by atoms with Crippen LogP contribution in [0.4, 0.5) is 0 Å². The molecule has 19 heavy (non-hydrogen) atoms. The number of nitrogens with one attached hydrogen (secondary N) is 1. The SMILES string of the molecule is CCCNC(c1ccc(C(C)C)cc1)C(CC)OC. The minimum Gasteiger partial charge on any atom is -0.379 e. The van der Waals surface area contributed by atoms with E-state index in [1.54, 1.807) is 7.11 Å². The maximum atomic E-state index is 5.63. The van der Waals surface area contributed by atoms with Gasteiger partial charge in [-0.05, 0) is 36.4 Å². The monoisotopic (exact) mass is 263 g/mol. The first-order chi connectivity index (χ1) is 9.13. The molecule has 2 unspecified atom stereocenters. The molecule has 0 amide bonds. The lowest BCUT2D eigenvalue weighted by atomic mass is 9.95. The summed E-state index contributed by atoms with van der Waals surface area (Å²) in [7, 11) is 1.80. The van der Waals surface area contributed by atoms with Crippen molar-refractivity contribution in [1.29, 1.82) is 0 Å². The first kappa shape index (κ1) is 16.2. The normalized spacial score (nSPS) is 14.6. The summed E-state index contributed by atoms with van der Waals surface area (Å²) in [4.78, 5) is 0. The molecule has 0 aliphatic heterocycles. The Hall–Kier alpha value is -0.860. The fourth-order valence-corrected chi connectivity index (χ4v) is 2.39. The highest BCUT2D eigenvalue weighted by molar-refractivity contribution is 5.27. The van der Waals surface area contributed by atoms with E-state index in [0.717, 1.165) is 19.4 Å². The molecule has 1 rings (SSSR count). The van der Waals surface area contributed by atoms with Crippen LogP contribution in [0.2, 0.25) is 0 Å². The van der Waals surface area contributed by atoms with Crippen molar-refractivity contribution >= 4 is 0 Å². The van der Waals surface area contributed by atoms with Gasteiger partial charge in [-0.25, -0.2) is 0 Å². The molecule has 2 atom stereocenters. The van der Waals surface area contributed by atoms with Gasteiger partial charge in [-0.2, -0.15) is 0 Å². The average Bonchev–Trinajstić information content (AvgIpc) is 2.43. The van der Waals surface area contributed by atoms with Crippen LogP contribution in [0.5, 0.6) is 0 Å². The summed E-state index contributed by atoms with van der Waals surface area (Å²) in [5.41, 5.74) is 2.72. The standard InChI is InChI=1S/C17H29NO/c1-6-12-18-17(16(7-2)19-5)15-10-8-14(9-11-15)13(3)4/h8-11,13,16-18H,6-7,12H2,1-5H3. The zero-order valence-electron chi connectivity index (χ0n) is 13.1. The molecule has 1 aromatic carbocycles. The third-order valence-electron chi connectivity index (χ3n) is 3.65. The summed E-state index contributed by atoms with van der Waals surface area (Å²) >= 11 is 0. The van der Waals surface area contributed by atoms with Gasteiger partial charge < -0.3 is 10.1 Å². The maximum absolute atomic E-state index is 5.63. The lowest BCUT2D eigenvalue weighted by Gasteiger charge is -2.27. The van der Waals surface area contributed by atoms with Crippen molar-refractivity contribution in [2.45, 2.75) is 58.6 Å². The van der Waals surface area contributed by atoms with Gasteiger partial charge in [0.15, 0.2) is 0 Å². The van der Waals surface area contributed by atoms with Gasteiger partial charge in [0.05, 0.1) is 12.1 Å². The number of methoxy groups -OCH3 is 1. The Morgan fingerprint density at radius 2 is 1.63 bits per heavy atom. The summed E-state index contributed by atoms with van der Waals surface area (Å²) in [6.45, 7) is 9.85. The molecule has 0 radical (unpaired) electrons. The van der Waals surface area contributed by atoms with E-state index >= 15 is 0 Å². The van der Waals surface area contributed by atoms with Crippen molar-refractivity contribution in [3.8, 4) is 0 Å². The van der Waals surface area contributed by atoms with Crippen LogP contribution in [-0.4, -0.2) is 19.8 Å². The van der Waals surface area contributed by atoms with E-state index in [-0.39, 0.29) is 12.1 Å². The molecule has 0 saturated heterocycles. The minimum absolute atomic E-state index is 0.233. The van der Waals surface area contributed by atoms with Crippen molar-refractivity contribution in [3.63, 3.8) is 0 Å². The van der Waals surface area contributed by atoms with Crippen molar-refractivity contribution in [1.82, 2.24) is 5.32 Å². The molecule has 0 aromatic heterocycles. The molecule has 0 saturated carbocycles.